The average Bonchev–Trinajstić information content (AvgIpc) is 3.61. The van der Waals surface area contributed by atoms with E-state index in [1.165, 1.54) is 65.9 Å². The molecule has 0 aliphatic carbocycles. The van der Waals surface area contributed by atoms with Crippen LogP contribution >= 0.6 is 0 Å². The summed E-state index contributed by atoms with van der Waals surface area (Å²) in [4.78, 5) is 10.2. The van der Waals surface area contributed by atoms with Crippen LogP contribution in [0.15, 0.2) is 115 Å². The molecule has 51 heavy (non-hydrogen) atoms. The smallest absolute Gasteiger partial charge is 0.161 e. The zero-order chi connectivity index (χ0) is 35.1. The lowest BCUT2D eigenvalue weighted by molar-refractivity contribution is 1.02. The maximum absolute atomic E-state index is 5.09. The number of benzene rings is 6. The molecular weight excluding hydrogens is 621 g/mol. The minimum Gasteiger partial charge on any atom is -0.309 e. The van der Waals surface area contributed by atoms with Crippen LogP contribution in [0, 0.1) is 48.5 Å². The van der Waals surface area contributed by atoms with Crippen molar-refractivity contribution in [3.05, 3.63) is 154 Å². The summed E-state index contributed by atoms with van der Waals surface area (Å²) in [6.07, 6.45) is 0. The van der Waals surface area contributed by atoms with Gasteiger partial charge in [0.1, 0.15) is 0 Å². The first-order chi connectivity index (χ1) is 24.6. The Bertz CT molecular complexity index is 2720. The summed E-state index contributed by atoms with van der Waals surface area (Å²) in [6.45, 7) is 14.9. The van der Waals surface area contributed by atoms with Crippen LogP contribution in [0.25, 0.3) is 77.5 Å². The van der Waals surface area contributed by atoms with Crippen molar-refractivity contribution >= 4 is 43.6 Å². The van der Waals surface area contributed by atoms with Crippen molar-refractivity contribution in [2.75, 3.05) is 0 Å². The van der Waals surface area contributed by atoms with Gasteiger partial charge < -0.3 is 9.13 Å². The molecule has 0 saturated carbocycles. The van der Waals surface area contributed by atoms with Gasteiger partial charge in [-0.15, -0.1) is 0 Å². The Morgan fingerprint density at radius 3 is 1.25 bits per heavy atom. The Hall–Kier alpha value is -6.00. The molecule has 4 heteroatoms. The van der Waals surface area contributed by atoms with Gasteiger partial charge in [0.2, 0.25) is 0 Å². The largest absolute Gasteiger partial charge is 0.309 e. The Kier molecular flexibility index (Phi) is 7.01. The summed E-state index contributed by atoms with van der Waals surface area (Å²) in [7, 11) is 0. The summed E-state index contributed by atoms with van der Waals surface area (Å²) in [5.74, 6) is 0.745. The molecule has 0 N–H and O–H groups in total. The number of hydrogen-bond acceptors (Lipinski definition) is 2. The van der Waals surface area contributed by atoms with Gasteiger partial charge in [-0.2, -0.15) is 0 Å². The van der Waals surface area contributed by atoms with E-state index in [9.17, 15) is 0 Å². The predicted octanol–water partition coefficient (Wildman–Crippen LogP) is 12.2. The van der Waals surface area contributed by atoms with Gasteiger partial charge in [0.25, 0.3) is 0 Å². The van der Waals surface area contributed by atoms with E-state index >= 15 is 0 Å². The lowest BCUT2D eigenvalue weighted by atomic mass is 10.00. The standard InChI is InChI=1S/C47H40N4/c1-27-8-17-42-37(22-27)38-23-28(2)9-18-43(38)50(42)36-15-12-34(13-16-36)35-14-21-46(41(26-35)47-48-32(6)31(5)33(7)49-47)51-44-19-10-29(3)24-39(44)40-25-30(4)11-20-45(40)51/h8-26H,1-7H3. The second kappa shape index (κ2) is 11.5. The number of nitrogens with zero attached hydrogens (tertiary/aromatic N) is 4. The lowest BCUT2D eigenvalue weighted by Gasteiger charge is -2.17. The summed E-state index contributed by atoms with van der Waals surface area (Å²) in [5, 5.41) is 5.09. The van der Waals surface area contributed by atoms with Crippen molar-refractivity contribution in [2.45, 2.75) is 48.5 Å². The van der Waals surface area contributed by atoms with E-state index in [0.717, 1.165) is 50.8 Å². The van der Waals surface area contributed by atoms with Crippen LogP contribution in [0.3, 0.4) is 0 Å². The van der Waals surface area contributed by atoms with Gasteiger partial charge in [-0.25, -0.2) is 9.97 Å². The summed E-state index contributed by atoms with van der Waals surface area (Å²) in [6, 6.07) is 42.8. The molecule has 9 rings (SSSR count). The van der Waals surface area contributed by atoms with Crippen molar-refractivity contribution in [2.24, 2.45) is 0 Å². The van der Waals surface area contributed by atoms with Crippen LogP contribution in [0.2, 0.25) is 0 Å². The molecule has 9 aromatic rings. The van der Waals surface area contributed by atoms with E-state index in [0.29, 0.717) is 0 Å². The minimum atomic E-state index is 0.745. The molecule has 0 bridgehead atoms. The molecule has 0 saturated heterocycles. The van der Waals surface area contributed by atoms with Crippen molar-refractivity contribution in [1.82, 2.24) is 19.1 Å². The van der Waals surface area contributed by atoms with E-state index in [4.69, 9.17) is 9.97 Å². The fraction of sp³-hybridized carbons (Fsp3) is 0.149. The molecule has 6 aromatic carbocycles. The fourth-order valence-corrected chi connectivity index (χ4v) is 7.82. The van der Waals surface area contributed by atoms with Crippen LogP contribution in [-0.4, -0.2) is 19.1 Å². The molecule has 0 atom stereocenters. The van der Waals surface area contributed by atoms with E-state index in [-0.39, 0.29) is 0 Å². The predicted molar refractivity (Wildman–Crippen MR) is 215 cm³/mol. The lowest BCUT2D eigenvalue weighted by Crippen LogP contribution is -2.03. The van der Waals surface area contributed by atoms with Crippen molar-refractivity contribution in [1.29, 1.82) is 0 Å². The van der Waals surface area contributed by atoms with E-state index in [1.54, 1.807) is 0 Å². The molecule has 4 nitrogen and oxygen atoms in total. The topological polar surface area (TPSA) is 35.6 Å². The molecule has 3 heterocycles. The normalized spacial score (nSPS) is 11.8. The third-order valence-corrected chi connectivity index (χ3v) is 10.7. The van der Waals surface area contributed by atoms with E-state index in [2.05, 4.69) is 173 Å². The molecule has 0 aliphatic rings. The molecule has 0 aliphatic heterocycles. The summed E-state index contributed by atoms with van der Waals surface area (Å²) < 4.78 is 4.78. The van der Waals surface area contributed by atoms with Crippen LogP contribution in [-0.2, 0) is 0 Å². The van der Waals surface area contributed by atoms with Gasteiger partial charge in [-0.05, 0) is 138 Å². The monoisotopic (exact) mass is 660 g/mol. The number of rotatable bonds is 4. The maximum Gasteiger partial charge on any atom is 0.161 e. The SMILES string of the molecule is Cc1ccc2c(c1)c1cc(C)ccc1n2-c1ccc(-c2ccc(-n3c4ccc(C)cc4c4cc(C)ccc43)c(-c3nc(C)c(C)c(C)n3)c2)cc1. The van der Waals surface area contributed by atoms with Crippen LogP contribution in [0.5, 0.6) is 0 Å². The zero-order valence-corrected chi connectivity index (χ0v) is 30.3. The van der Waals surface area contributed by atoms with Crippen LogP contribution < -0.4 is 0 Å². The first kappa shape index (κ1) is 31.0. The zero-order valence-electron chi connectivity index (χ0n) is 30.3. The van der Waals surface area contributed by atoms with Crippen LogP contribution in [0.1, 0.15) is 39.2 Å². The molecule has 0 radical (unpaired) electrons. The fourth-order valence-electron chi connectivity index (χ4n) is 7.82. The third kappa shape index (κ3) is 4.97. The average molecular weight is 661 g/mol. The van der Waals surface area contributed by atoms with Crippen molar-refractivity contribution < 1.29 is 0 Å². The molecule has 3 aromatic heterocycles. The second-order valence-electron chi connectivity index (χ2n) is 14.4. The van der Waals surface area contributed by atoms with Crippen molar-refractivity contribution in [3.63, 3.8) is 0 Å². The molecule has 0 amide bonds. The number of aryl methyl sites for hydroxylation is 6. The Balaban J connectivity index is 1.24. The second-order valence-corrected chi connectivity index (χ2v) is 14.4. The summed E-state index contributed by atoms with van der Waals surface area (Å²) in [5.41, 5.74) is 18.5. The quantitative estimate of drug-likeness (QED) is 0.188. The van der Waals surface area contributed by atoms with Crippen LogP contribution in [0.4, 0.5) is 0 Å². The molecule has 0 spiro atoms. The van der Waals surface area contributed by atoms with Gasteiger partial charge >= 0.3 is 0 Å². The van der Waals surface area contributed by atoms with Gasteiger partial charge in [0.15, 0.2) is 5.82 Å². The Morgan fingerprint density at radius 2 is 0.804 bits per heavy atom. The third-order valence-electron chi connectivity index (χ3n) is 10.7. The number of fused-ring (bicyclic) bond motifs is 6. The van der Waals surface area contributed by atoms with Gasteiger partial charge in [-0.3, -0.25) is 0 Å². The summed E-state index contributed by atoms with van der Waals surface area (Å²) >= 11 is 0. The highest BCUT2D eigenvalue weighted by atomic mass is 15.0. The minimum absolute atomic E-state index is 0.745. The molecular formula is C47H40N4. The first-order valence-corrected chi connectivity index (χ1v) is 17.7. The highest BCUT2D eigenvalue weighted by molar-refractivity contribution is 6.11. The first-order valence-electron chi connectivity index (χ1n) is 17.7. The number of hydrogen-bond donors (Lipinski definition) is 0. The van der Waals surface area contributed by atoms with Gasteiger partial charge in [-0.1, -0.05) is 64.7 Å². The molecule has 0 fully saturated rings. The maximum atomic E-state index is 5.09. The highest BCUT2D eigenvalue weighted by Crippen LogP contribution is 2.39. The molecule has 248 valence electrons. The van der Waals surface area contributed by atoms with Crippen molar-refractivity contribution in [3.8, 4) is 33.9 Å². The highest BCUT2D eigenvalue weighted by Gasteiger charge is 2.20. The van der Waals surface area contributed by atoms with E-state index < -0.39 is 0 Å². The number of aromatic nitrogens is 4. The van der Waals surface area contributed by atoms with Gasteiger partial charge in [0, 0.05) is 44.2 Å². The van der Waals surface area contributed by atoms with E-state index in [1.807, 2.05) is 0 Å². The Labute approximate surface area is 298 Å². The Morgan fingerprint density at radius 1 is 0.392 bits per heavy atom. The van der Waals surface area contributed by atoms with Gasteiger partial charge in [0.05, 0.1) is 27.8 Å². The molecule has 0 unspecified atom stereocenters.